The van der Waals surface area contributed by atoms with Crippen LogP contribution in [0.5, 0.6) is 5.75 Å². The van der Waals surface area contributed by atoms with Crippen molar-refractivity contribution in [2.45, 2.75) is 25.8 Å². The molecule has 0 aliphatic rings. The van der Waals surface area contributed by atoms with Gasteiger partial charge in [0.1, 0.15) is 5.75 Å². The average molecular weight is 319 g/mol. The largest absolute Gasteiger partial charge is 0.497 e. The molecule has 1 atom stereocenters. The Morgan fingerprint density at radius 1 is 1.30 bits per heavy atom. The van der Waals surface area contributed by atoms with Crippen LogP contribution >= 0.6 is 0 Å². The molecule has 0 spiro atoms. The van der Waals surface area contributed by atoms with E-state index in [1.807, 2.05) is 31.2 Å². The lowest BCUT2D eigenvalue weighted by molar-refractivity contribution is -0.122. The van der Waals surface area contributed by atoms with Crippen LogP contribution in [0.4, 0.5) is 0 Å². The molecular formula is C16H21N3O4. The van der Waals surface area contributed by atoms with Gasteiger partial charge in [-0.1, -0.05) is 5.16 Å². The van der Waals surface area contributed by atoms with Crippen molar-refractivity contribution in [2.24, 2.45) is 0 Å². The molecule has 1 heterocycles. The summed E-state index contributed by atoms with van der Waals surface area (Å²) in [5.41, 5.74) is 0.832. The zero-order chi connectivity index (χ0) is 16.7. The highest BCUT2D eigenvalue weighted by Gasteiger charge is 2.12. The minimum absolute atomic E-state index is 0.0231. The number of amides is 1. The fourth-order valence-corrected chi connectivity index (χ4v) is 2.07. The van der Waals surface area contributed by atoms with Crippen LogP contribution in [0.25, 0.3) is 11.4 Å². The molecule has 2 aromatic rings. The van der Waals surface area contributed by atoms with Gasteiger partial charge in [0.25, 0.3) is 0 Å². The van der Waals surface area contributed by atoms with E-state index in [0.29, 0.717) is 24.7 Å². The third kappa shape index (κ3) is 5.07. The van der Waals surface area contributed by atoms with Gasteiger partial charge >= 0.3 is 0 Å². The van der Waals surface area contributed by atoms with Crippen molar-refractivity contribution < 1.29 is 18.8 Å². The fourth-order valence-electron chi connectivity index (χ4n) is 2.07. The molecule has 0 fully saturated rings. The fraction of sp³-hybridized carbons (Fsp3) is 0.438. The van der Waals surface area contributed by atoms with Gasteiger partial charge in [0, 0.05) is 31.6 Å². The molecule has 0 radical (unpaired) electrons. The minimum Gasteiger partial charge on any atom is -0.497 e. The highest BCUT2D eigenvalue weighted by molar-refractivity contribution is 5.76. The van der Waals surface area contributed by atoms with Crippen LogP contribution in [0.3, 0.4) is 0 Å². The summed E-state index contributed by atoms with van der Waals surface area (Å²) in [5, 5.41) is 6.77. The van der Waals surface area contributed by atoms with Crippen LogP contribution in [0.15, 0.2) is 28.8 Å². The quantitative estimate of drug-likeness (QED) is 0.799. The summed E-state index contributed by atoms with van der Waals surface area (Å²) in [4.78, 5) is 16.1. The number of hydrogen-bond acceptors (Lipinski definition) is 6. The van der Waals surface area contributed by atoms with Crippen molar-refractivity contribution >= 4 is 5.91 Å². The van der Waals surface area contributed by atoms with Crippen molar-refractivity contribution in [1.82, 2.24) is 15.5 Å². The number of benzene rings is 1. The molecule has 23 heavy (non-hydrogen) atoms. The number of aryl methyl sites for hydroxylation is 1. The molecule has 7 nitrogen and oxygen atoms in total. The number of carbonyl (C=O) groups is 1. The Hall–Kier alpha value is -2.41. The van der Waals surface area contributed by atoms with Crippen LogP contribution in [0.1, 0.15) is 19.2 Å². The van der Waals surface area contributed by atoms with Crippen LogP contribution in [-0.4, -0.2) is 42.9 Å². The maximum absolute atomic E-state index is 11.8. The van der Waals surface area contributed by atoms with Gasteiger partial charge in [0.2, 0.25) is 17.6 Å². The molecule has 1 aromatic heterocycles. The zero-order valence-electron chi connectivity index (χ0n) is 13.5. The molecule has 0 saturated carbocycles. The number of carbonyl (C=O) groups excluding carboxylic acids is 1. The van der Waals surface area contributed by atoms with Crippen molar-refractivity contribution in [3.05, 3.63) is 30.2 Å². The Morgan fingerprint density at radius 3 is 2.70 bits per heavy atom. The number of rotatable bonds is 8. The Labute approximate surface area is 135 Å². The maximum Gasteiger partial charge on any atom is 0.227 e. The second-order valence-corrected chi connectivity index (χ2v) is 5.16. The van der Waals surface area contributed by atoms with Gasteiger partial charge in [0.05, 0.1) is 13.7 Å². The van der Waals surface area contributed by atoms with Crippen molar-refractivity contribution in [3.63, 3.8) is 0 Å². The molecule has 1 N–H and O–H groups in total. The van der Waals surface area contributed by atoms with E-state index in [-0.39, 0.29) is 18.4 Å². The number of ether oxygens (including phenoxy) is 2. The summed E-state index contributed by atoms with van der Waals surface area (Å²) in [6.45, 7) is 2.36. The molecular weight excluding hydrogens is 298 g/mol. The average Bonchev–Trinajstić information content (AvgIpc) is 3.02. The second-order valence-electron chi connectivity index (χ2n) is 5.16. The second kappa shape index (κ2) is 8.28. The standard InChI is InChI=1S/C16H21N3O4/c1-11(10-21-2)17-14(20)8-9-15-18-16(19-23-15)12-4-6-13(22-3)7-5-12/h4-7,11H,8-10H2,1-3H3,(H,17,20)/t11-/m1/s1. The normalized spacial score (nSPS) is 12.0. The highest BCUT2D eigenvalue weighted by Crippen LogP contribution is 2.19. The summed E-state index contributed by atoms with van der Waals surface area (Å²) in [6, 6.07) is 7.34. The smallest absolute Gasteiger partial charge is 0.227 e. The Morgan fingerprint density at radius 2 is 2.04 bits per heavy atom. The van der Waals surface area contributed by atoms with E-state index >= 15 is 0 Å². The van der Waals surface area contributed by atoms with Crippen LogP contribution < -0.4 is 10.1 Å². The molecule has 0 aliphatic carbocycles. The molecule has 0 bridgehead atoms. The van der Waals surface area contributed by atoms with Crippen molar-refractivity contribution in [1.29, 1.82) is 0 Å². The third-order valence-electron chi connectivity index (χ3n) is 3.21. The Balaban J connectivity index is 1.88. The summed E-state index contributed by atoms with van der Waals surface area (Å²) < 4.78 is 15.3. The summed E-state index contributed by atoms with van der Waals surface area (Å²) >= 11 is 0. The maximum atomic E-state index is 11.8. The van der Waals surface area contributed by atoms with Crippen LogP contribution in [-0.2, 0) is 16.0 Å². The van der Waals surface area contributed by atoms with Gasteiger partial charge in [-0.2, -0.15) is 4.98 Å². The molecule has 2 rings (SSSR count). The van der Waals surface area contributed by atoms with Gasteiger partial charge in [0.15, 0.2) is 0 Å². The predicted molar refractivity (Wildman–Crippen MR) is 84.1 cm³/mol. The van der Waals surface area contributed by atoms with Crippen molar-refractivity contribution in [3.8, 4) is 17.1 Å². The van der Waals surface area contributed by atoms with E-state index in [1.165, 1.54) is 0 Å². The molecule has 0 aliphatic heterocycles. The first-order valence-electron chi connectivity index (χ1n) is 7.37. The van der Waals surface area contributed by atoms with Gasteiger partial charge in [-0.3, -0.25) is 4.79 Å². The molecule has 7 heteroatoms. The summed E-state index contributed by atoms with van der Waals surface area (Å²) in [5.74, 6) is 1.62. The lowest BCUT2D eigenvalue weighted by Crippen LogP contribution is -2.35. The summed E-state index contributed by atoms with van der Waals surface area (Å²) in [7, 11) is 3.21. The lowest BCUT2D eigenvalue weighted by Gasteiger charge is -2.11. The minimum atomic E-state index is -0.0706. The summed E-state index contributed by atoms with van der Waals surface area (Å²) in [6.07, 6.45) is 0.687. The van der Waals surface area contributed by atoms with Gasteiger partial charge < -0.3 is 19.3 Å². The highest BCUT2D eigenvalue weighted by atomic mass is 16.5. The van der Waals surface area contributed by atoms with E-state index in [4.69, 9.17) is 14.0 Å². The number of aromatic nitrogens is 2. The number of nitrogens with zero attached hydrogens (tertiary/aromatic N) is 2. The predicted octanol–water partition coefficient (Wildman–Crippen LogP) is 1.83. The molecule has 0 unspecified atom stereocenters. The third-order valence-corrected chi connectivity index (χ3v) is 3.21. The molecule has 0 saturated heterocycles. The van der Waals surface area contributed by atoms with E-state index in [2.05, 4.69) is 15.5 Å². The first-order chi connectivity index (χ1) is 11.1. The monoisotopic (exact) mass is 319 g/mol. The van der Waals surface area contributed by atoms with E-state index < -0.39 is 0 Å². The topological polar surface area (TPSA) is 86.5 Å². The van der Waals surface area contributed by atoms with E-state index in [1.54, 1.807) is 14.2 Å². The zero-order valence-corrected chi connectivity index (χ0v) is 13.5. The van der Waals surface area contributed by atoms with E-state index in [0.717, 1.165) is 11.3 Å². The van der Waals surface area contributed by atoms with E-state index in [9.17, 15) is 4.79 Å². The lowest BCUT2D eigenvalue weighted by atomic mass is 10.2. The Bertz CT molecular complexity index is 625. The van der Waals surface area contributed by atoms with Gasteiger partial charge in [-0.15, -0.1) is 0 Å². The first-order valence-corrected chi connectivity index (χ1v) is 7.37. The molecule has 1 amide bonds. The number of nitrogens with one attached hydrogen (secondary N) is 1. The van der Waals surface area contributed by atoms with Crippen LogP contribution in [0.2, 0.25) is 0 Å². The molecule has 1 aromatic carbocycles. The molecule has 124 valence electrons. The SMILES string of the molecule is COC[C@@H](C)NC(=O)CCc1nc(-c2ccc(OC)cc2)no1. The number of hydrogen-bond donors (Lipinski definition) is 1. The Kier molecular flexibility index (Phi) is 6.10. The van der Waals surface area contributed by atoms with Crippen molar-refractivity contribution in [2.75, 3.05) is 20.8 Å². The van der Waals surface area contributed by atoms with Gasteiger partial charge in [-0.05, 0) is 31.2 Å². The van der Waals surface area contributed by atoms with Crippen LogP contribution in [0, 0.1) is 0 Å². The number of methoxy groups -OCH3 is 2. The first kappa shape index (κ1) is 17.0. The van der Waals surface area contributed by atoms with Gasteiger partial charge in [-0.25, -0.2) is 0 Å².